The lowest BCUT2D eigenvalue weighted by atomic mass is 10.0. The van der Waals surface area contributed by atoms with Gasteiger partial charge in [-0.15, -0.1) is 0 Å². The quantitative estimate of drug-likeness (QED) is 0.0236. The van der Waals surface area contributed by atoms with Gasteiger partial charge in [-0.05, 0) is 64.2 Å². The third kappa shape index (κ3) is 53.1. The van der Waals surface area contributed by atoms with Crippen molar-refractivity contribution >= 4 is 13.8 Å². The Morgan fingerprint density at radius 3 is 1.28 bits per heavy atom. The molecule has 0 bridgehead atoms. The van der Waals surface area contributed by atoms with Crippen molar-refractivity contribution in [2.75, 3.05) is 33.0 Å². The summed E-state index contributed by atoms with van der Waals surface area (Å²) in [5.74, 6) is -0.405. The van der Waals surface area contributed by atoms with Crippen LogP contribution >= 0.6 is 7.82 Å². The van der Waals surface area contributed by atoms with Crippen LogP contribution in [0.4, 0.5) is 0 Å². The minimum atomic E-state index is -4.54. The van der Waals surface area contributed by atoms with Crippen molar-refractivity contribution in [2.45, 2.75) is 251 Å². The van der Waals surface area contributed by atoms with E-state index in [1.165, 1.54) is 128 Å². The highest BCUT2D eigenvalue weighted by Gasteiger charge is 2.26. The van der Waals surface area contributed by atoms with E-state index < -0.39 is 39.2 Å². The largest absolute Gasteiger partial charge is 0.472 e. The summed E-state index contributed by atoms with van der Waals surface area (Å²) in [4.78, 5) is 22.7. The van der Waals surface area contributed by atoms with Gasteiger partial charge >= 0.3 is 13.8 Å². The molecule has 0 heterocycles. The molecule has 3 unspecified atom stereocenters. The monoisotopic (exact) mass is 963 g/mol. The van der Waals surface area contributed by atoms with Crippen LogP contribution < -0.4 is 0 Å². The fourth-order valence-electron chi connectivity index (χ4n) is 7.54. The summed E-state index contributed by atoms with van der Waals surface area (Å²) < 4.78 is 33.6. The SMILES string of the molecule is CC/C=C\C/C=C\C/C=C\C/C=C\C/C=C\C/C=C\CCCCCCC(=O)OC(COCCCCCCCCCCCCCCCCCCCCCCCCC)COP(=O)(O)OCC(O)CO. The molecule has 0 saturated carbocycles. The van der Waals surface area contributed by atoms with Crippen LogP contribution in [0, 0.1) is 0 Å². The normalized spacial score (nSPS) is 14.3. The number of ether oxygens (including phenoxy) is 2. The highest BCUT2D eigenvalue weighted by Crippen LogP contribution is 2.43. The molecule has 10 heteroatoms. The summed E-state index contributed by atoms with van der Waals surface area (Å²) in [5, 5.41) is 18.4. The Hall–Kier alpha value is -2.10. The molecule has 0 aromatic rings. The molecule has 0 aliphatic rings. The Morgan fingerprint density at radius 1 is 0.478 bits per heavy atom. The standard InChI is InChI=1S/C57H103O9P/c1-3-5-7-9-11-13-15-17-19-21-23-25-27-29-31-33-35-37-39-41-43-45-47-49-57(60)66-56(54-65-67(61,62)64-52-55(59)51-58)53-63-50-48-46-44-42-40-38-36-34-32-30-28-26-24-22-20-18-16-14-12-10-8-6-4-2/h5,7,11,13,17,19,23,25,29,31,35,37,55-56,58-59H,3-4,6,8-10,12,14-16,18,20-22,24,26-28,30,32-34,36,38-54H2,1-2H3,(H,61,62)/b7-5-,13-11-,19-17-,25-23-,31-29-,37-35-. The average Bonchev–Trinajstić information content (AvgIpc) is 3.32. The number of allylic oxidation sites excluding steroid dienone is 12. The predicted octanol–water partition coefficient (Wildman–Crippen LogP) is 16.4. The number of hydrogen-bond donors (Lipinski definition) is 3. The first-order valence-corrected chi connectivity index (χ1v) is 28.9. The van der Waals surface area contributed by atoms with Gasteiger partial charge in [-0.25, -0.2) is 4.57 Å². The van der Waals surface area contributed by atoms with E-state index in [9.17, 15) is 19.4 Å². The molecule has 0 aromatic carbocycles. The summed E-state index contributed by atoms with van der Waals surface area (Å²) in [7, 11) is -4.54. The van der Waals surface area contributed by atoms with E-state index in [1.54, 1.807) is 0 Å². The number of phosphoric acid groups is 1. The maximum absolute atomic E-state index is 12.7. The molecule has 3 atom stereocenters. The van der Waals surface area contributed by atoms with Crippen molar-refractivity contribution in [3.8, 4) is 0 Å². The molecule has 9 nitrogen and oxygen atoms in total. The van der Waals surface area contributed by atoms with Crippen LogP contribution in [-0.4, -0.2) is 66.3 Å². The molecule has 0 aliphatic carbocycles. The zero-order valence-corrected chi connectivity index (χ0v) is 44.0. The molecular weight excluding hydrogens is 860 g/mol. The minimum Gasteiger partial charge on any atom is -0.457 e. The van der Waals surface area contributed by atoms with Crippen LogP contribution in [0.2, 0.25) is 0 Å². The van der Waals surface area contributed by atoms with Gasteiger partial charge in [0.2, 0.25) is 0 Å². The van der Waals surface area contributed by atoms with Gasteiger partial charge in [0.1, 0.15) is 12.2 Å². The second-order valence-corrected chi connectivity index (χ2v) is 19.7. The zero-order chi connectivity index (χ0) is 48.8. The molecule has 0 saturated heterocycles. The first-order chi connectivity index (χ1) is 32.8. The van der Waals surface area contributed by atoms with Gasteiger partial charge in [0.15, 0.2) is 0 Å². The van der Waals surface area contributed by atoms with Crippen molar-refractivity contribution in [3.63, 3.8) is 0 Å². The number of phosphoric ester groups is 1. The topological polar surface area (TPSA) is 132 Å². The van der Waals surface area contributed by atoms with Gasteiger partial charge in [0.05, 0.1) is 26.4 Å². The first kappa shape index (κ1) is 64.9. The van der Waals surface area contributed by atoms with E-state index in [1.807, 2.05) is 0 Å². The van der Waals surface area contributed by atoms with Crippen molar-refractivity contribution in [1.29, 1.82) is 0 Å². The minimum absolute atomic E-state index is 0.0380. The van der Waals surface area contributed by atoms with Crippen molar-refractivity contribution < 1.29 is 43.0 Å². The summed E-state index contributed by atoms with van der Waals surface area (Å²) >= 11 is 0. The number of aliphatic hydroxyl groups is 2. The van der Waals surface area contributed by atoms with Gasteiger partial charge in [0, 0.05) is 13.0 Å². The van der Waals surface area contributed by atoms with Crippen LogP contribution in [-0.2, 0) is 27.9 Å². The summed E-state index contributed by atoms with van der Waals surface area (Å²) in [5.41, 5.74) is 0. The third-order valence-corrected chi connectivity index (χ3v) is 12.6. The molecule has 0 aliphatic heterocycles. The van der Waals surface area contributed by atoms with Crippen molar-refractivity contribution in [2.24, 2.45) is 0 Å². The maximum Gasteiger partial charge on any atom is 0.472 e. The van der Waals surface area contributed by atoms with Gasteiger partial charge in [-0.3, -0.25) is 13.8 Å². The Balaban J connectivity index is 4.09. The number of carbonyl (C=O) groups excluding carboxylic acids is 1. The molecule has 67 heavy (non-hydrogen) atoms. The van der Waals surface area contributed by atoms with Gasteiger partial charge in [-0.1, -0.05) is 241 Å². The summed E-state index contributed by atoms with van der Waals surface area (Å²) in [6.07, 6.45) is 65.9. The smallest absolute Gasteiger partial charge is 0.457 e. The molecular formula is C57H103O9P. The van der Waals surface area contributed by atoms with E-state index >= 15 is 0 Å². The lowest BCUT2D eigenvalue weighted by molar-refractivity contribution is -0.154. The molecule has 0 fully saturated rings. The molecule has 390 valence electrons. The number of unbranched alkanes of at least 4 members (excludes halogenated alkanes) is 26. The number of carbonyl (C=O) groups is 1. The van der Waals surface area contributed by atoms with Crippen LogP contribution in [0.15, 0.2) is 72.9 Å². The molecule has 0 radical (unpaired) electrons. The average molecular weight is 963 g/mol. The van der Waals surface area contributed by atoms with Crippen LogP contribution in [0.1, 0.15) is 239 Å². The van der Waals surface area contributed by atoms with Gasteiger partial charge in [-0.2, -0.15) is 0 Å². The fourth-order valence-corrected chi connectivity index (χ4v) is 8.33. The van der Waals surface area contributed by atoms with Gasteiger partial charge in [0.25, 0.3) is 0 Å². The number of rotatable bonds is 52. The van der Waals surface area contributed by atoms with E-state index in [4.69, 9.17) is 23.6 Å². The summed E-state index contributed by atoms with van der Waals surface area (Å²) in [6.45, 7) is 3.41. The molecule has 3 N–H and O–H groups in total. The van der Waals surface area contributed by atoms with E-state index in [-0.39, 0.29) is 19.6 Å². The Bertz CT molecular complexity index is 1280. The van der Waals surface area contributed by atoms with Crippen LogP contribution in [0.5, 0.6) is 0 Å². The van der Waals surface area contributed by atoms with Crippen molar-refractivity contribution in [1.82, 2.24) is 0 Å². The third-order valence-electron chi connectivity index (χ3n) is 11.7. The molecule has 0 rings (SSSR count). The van der Waals surface area contributed by atoms with E-state index in [0.717, 1.165) is 83.5 Å². The Morgan fingerprint density at radius 2 is 0.851 bits per heavy atom. The number of hydrogen-bond acceptors (Lipinski definition) is 8. The van der Waals surface area contributed by atoms with E-state index in [2.05, 4.69) is 86.8 Å². The van der Waals surface area contributed by atoms with E-state index in [0.29, 0.717) is 13.0 Å². The van der Waals surface area contributed by atoms with Gasteiger partial charge < -0.3 is 24.6 Å². The lowest BCUT2D eigenvalue weighted by Gasteiger charge is -2.20. The van der Waals surface area contributed by atoms with Crippen LogP contribution in [0.3, 0.4) is 0 Å². The second-order valence-electron chi connectivity index (χ2n) is 18.2. The Labute approximate surface area is 412 Å². The lowest BCUT2D eigenvalue weighted by Crippen LogP contribution is -2.29. The second kappa shape index (κ2) is 53.3. The number of esters is 1. The molecule has 0 aromatic heterocycles. The van der Waals surface area contributed by atoms with Crippen LogP contribution in [0.25, 0.3) is 0 Å². The molecule has 0 spiro atoms. The molecule has 0 amide bonds. The van der Waals surface area contributed by atoms with Crippen molar-refractivity contribution in [3.05, 3.63) is 72.9 Å². The first-order valence-electron chi connectivity index (χ1n) is 27.4. The highest BCUT2D eigenvalue weighted by molar-refractivity contribution is 7.47. The maximum atomic E-state index is 12.7. The fraction of sp³-hybridized carbons (Fsp3) is 0.772. The highest BCUT2D eigenvalue weighted by atomic mass is 31.2. The number of aliphatic hydroxyl groups excluding tert-OH is 2. The Kier molecular flexibility index (Phi) is 51.6. The summed E-state index contributed by atoms with van der Waals surface area (Å²) in [6, 6.07) is 0. The zero-order valence-electron chi connectivity index (χ0n) is 43.1. The predicted molar refractivity (Wildman–Crippen MR) is 283 cm³/mol.